The van der Waals surface area contributed by atoms with Crippen molar-refractivity contribution in [1.29, 1.82) is 0 Å². The summed E-state index contributed by atoms with van der Waals surface area (Å²) < 4.78 is 45.6. The van der Waals surface area contributed by atoms with E-state index in [0.717, 1.165) is 31.6 Å². The highest BCUT2D eigenvalue weighted by atomic mass is 19.4. The number of fused-ring (bicyclic) bond motifs is 7. The molecule has 0 heterocycles. The van der Waals surface area contributed by atoms with E-state index in [-0.39, 0.29) is 30.1 Å². The van der Waals surface area contributed by atoms with Crippen LogP contribution in [0.2, 0.25) is 0 Å². The van der Waals surface area contributed by atoms with Crippen LogP contribution in [-0.4, -0.2) is 41.8 Å². The molecule has 0 radical (unpaired) electrons. The number of aliphatic hydroxyl groups excluding tert-OH is 1. The van der Waals surface area contributed by atoms with Crippen LogP contribution < -0.4 is 0 Å². The van der Waals surface area contributed by atoms with Gasteiger partial charge in [0.05, 0.1) is 12.7 Å². The molecule has 5 saturated carbocycles. The summed E-state index contributed by atoms with van der Waals surface area (Å²) in [6.45, 7) is 5.03. The first-order chi connectivity index (χ1) is 14.5. The second kappa shape index (κ2) is 7.33. The van der Waals surface area contributed by atoms with Gasteiger partial charge in [-0.2, -0.15) is 13.2 Å². The Kier molecular flexibility index (Phi) is 5.31. The molecule has 0 unspecified atom stereocenters. The SMILES string of the molecule is COC[C@@H](O)[C@@H](C)[C@H]1[C@H]2C[C@H]2[C@H]2[C@@H]3CC[C@@H]4C[C@@](O)(C(F)(F)F)CC[C@@H]4[C@H]3CC[C@@]21C. The Morgan fingerprint density at radius 3 is 2.39 bits per heavy atom. The van der Waals surface area contributed by atoms with E-state index in [4.69, 9.17) is 4.74 Å². The van der Waals surface area contributed by atoms with E-state index in [1.54, 1.807) is 7.11 Å². The first kappa shape index (κ1) is 22.5. The highest BCUT2D eigenvalue weighted by molar-refractivity contribution is 5.18. The Bertz CT molecular complexity index is 698. The molecule has 3 nitrogen and oxygen atoms in total. The number of alkyl halides is 3. The largest absolute Gasteiger partial charge is 0.417 e. The maximum absolute atomic E-state index is 13.5. The number of rotatable bonds is 4. The molecule has 5 rings (SSSR count). The van der Waals surface area contributed by atoms with Gasteiger partial charge in [0.15, 0.2) is 5.60 Å². The van der Waals surface area contributed by atoms with Gasteiger partial charge in [-0.15, -0.1) is 0 Å². The molecule has 0 saturated heterocycles. The average molecular weight is 445 g/mol. The van der Waals surface area contributed by atoms with E-state index in [2.05, 4.69) is 13.8 Å². The average Bonchev–Trinajstić information content (AvgIpc) is 3.40. The lowest BCUT2D eigenvalue weighted by molar-refractivity contribution is -0.282. The van der Waals surface area contributed by atoms with Crippen LogP contribution in [-0.2, 0) is 4.74 Å². The maximum Gasteiger partial charge on any atom is 0.417 e. The summed E-state index contributed by atoms with van der Waals surface area (Å²) in [4.78, 5) is 0. The van der Waals surface area contributed by atoms with Crippen molar-refractivity contribution in [3.8, 4) is 0 Å². The van der Waals surface area contributed by atoms with Crippen LogP contribution in [0.5, 0.6) is 0 Å². The second-order valence-electron chi connectivity index (χ2n) is 12.1. The van der Waals surface area contributed by atoms with Gasteiger partial charge in [-0.05, 0) is 110 Å². The fraction of sp³-hybridized carbons (Fsp3) is 1.00. The van der Waals surface area contributed by atoms with Gasteiger partial charge in [0.25, 0.3) is 0 Å². The van der Waals surface area contributed by atoms with Crippen LogP contribution in [0.3, 0.4) is 0 Å². The van der Waals surface area contributed by atoms with Crippen LogP contribution in [0.4, 0.5) is 13.2 Å². The van der Waals surface area contributed by atoms with E-state index in [1.165, 1.54) is 6.42 Å². The summed E-state index contributed by atoms with van der Waals surface area (Å²) >= 11 is 0. The molecule has 0 spiro atoms. The van der Waals surface area contributed by atoms with Crippen LogP contribution in [0.1, 0.15) is 65.2 Å². The summed E-state index contributed by atoms with van der Waals surface area (Å²) in [7, 11) is 1.64. The topological polar surface area (TPSA) is 49.7 Å². The molecule has 31 heavy (non-hydrogen) atoms. The summed E-state index contributed by atoms with van der Waals surface area (Å²) in [5, 5.41) is 21.0. The fourth-order valence-corrected chi connectivity index (χ4v) is 9.71. The number of ether oxygens (including phenoxy) is 1. The molecule has 0 aliphatic heterocycles. The third-order valence-electron chi connectivity index (χ3n) is 10.9. The number of methoxy groups -OCH3 is 1. The predicted octanol–water partition coefficient (Wildman–Crippen LogP) is 5.05. The molecular weight excluding hydrogens is 405 g/mol. The molecule has 0 aromatic carbocycles. The first-order valence-electron chi connectivity index (χ1n) is 12.5. The number of aliphatic hydroxyl groups is 2. The molecule has 5 fully saturated rings. The maximum atomic E-state index is 13.5. The molecule has 0 bridgehead atoms. The molecule has 5 aliphatic rings. The van der Waals surface area contributed by atoms with Gasteiger partial charge in [0.1, 0.15) is 0 Å². The van der Waals surface area contributed by atoms with Gasteiger partial charge in [-0.25, -0.2) is 0 Å². The Balaban J connectivity index is 1.35. The van der Waals surface area contributed by atoms with Gasteiger partial charge < -0.3 is 14.9 Å². The minimum absolute atomic E-state index is 0.0145. The summed E-state index contributed by atoms with van der Waals surface area (Å²) in [5.74, 6) is 4.34. The lowest BCUT2D eigenvalue weighted by Crippen LogP contribution is -2.56. The van der Waals surface area contributed by atoms with E-state index in [1.807, 2.05) is 0 Å². The standard InChI is InChI=1S/C25H39F3O3/c1-13(20(29)12-31-3)21-18-10-19(18)22-17-5-4-14-11-24(30,25(26,27)28)9-7-15(14)16(17)6-8-23(21,22)2/h13-22,29-30H,4-12H2,1-3H3/t13-,14-,15+,16-,17-,18+,19-,20-,21+,22-,23-,24-/m1/s1. The first-order valence-corrected chi connectivity index (χ1v) is 12.5. The molecule has 12 atom stereocenters. The third-order valence-corrected chi connectivity index (χ3v) is 10.9. The number of hydrogen-bond donors (Lipinski definition) is 2. The van der Waals surface area contributed by atoms with E-state index >= 15 is 0 Å². The number of hydrogen-bond acceptors (Lipinski definition) is 3. The van der Waals surface area contributed by atoms with Gasteiger partial charge in [-0.1, -0.05) is 13.8 Å². The van der Waals surface area contributed by atoms with Gasteiger partial charge >= 0.3 is 6.18 Å². The smallest absolute Gasteiger partial charge is 0.390 e. The molecule has 0 amide bonds. The molecule has 0 aromatic heterocycles. The van der Waals surface area contributed by atoms with Crippen molar-refractivity contribution in [1.82, 2.24) is 0 Å². The molecular formula is C25H39F3O3. The minimum Gasteiger partial charge on any atom is -0.390 e. The zero-order valence-electron chi connectivity index (χ0n) is 19.1. The van der Waals surface area contributed by atoms with Gasteiger partial charge in [0.2, 0.25) is 0 Å². The van der Waals surface area contributed by atoms with Crippen LogP contribution in [0.25, 0.3) is 0 Å². The summed E-state index contributed by atoms with van der Waals surface area (Å²) in [6, 6.07) is 0. The third kappa shape index (κ3) is 3.24. The molecule has 0 aromatic rings. The van der Waals surface area contributed by atoms with Crippen molar-refractivity contribution in [3.05, 3.63) is 0 Å². The zero-order chi connectivity index (χ0) is 22.3. The second-order valence-corrected chi connectivity index (χ2v) is 12.1. The van der Waals surface area contributed by atoms with Crippen LogP contribution in [0, 0.1) is 58.7 Å². The quantitative estimate of drug-likeness (QED) is 0.638. The molecule has 178 valence electrons. The van der Waals surface area contributed by atoms with Gasteiger partial charge in [-0.3, -0.25) is 0 Å². The monoisotopic (exact) mass is 444 g/mol. The van der Waals surface area contributed by atoms with Crippen molar-refractivity contribution in [3.63, 3.8) is 0 Å². The number of halogens is 3. The van der Waals surface area contributed by atoms with Crippen molar-refractivity contribution in [2.45, 2.75) is 83.1 Å². The Morgan fingerprint density at radius 1 is 1.00 bits per heavy atom. The van der Waals surface area contributed by atoms with Crippen LogP contribution >= 0.6 is 0 Å². The van der Waals surface area contributed by atoms with Crippen molar-refractivity contribution in [2.75, 3.05) is 13.7 Å². The molecule has 5 aliphatic carbocycles. The zero-order valence-corrected chi connectivity index (χ0v) is 19.1. The highest BCUT2D eigenvalue weighted by Gasteiger charge is 2.70. The lowest BCUT2D eigenvalue weighted by atomic mass is 9.47. The van der Waals surface area contributed by atoms with Crippen LogP contribution in [0.15, 0.2) is 0 Å². The Morgan fingerprint density at radius 2 is 1.71 bits per heavy atom. The van der Waals surface area contributed by atoms with E-state index in [9.17, 15) is 23.4 Å². The molecule has 6 heteroatoms. The minimum atomic E-state index is -4.51. The Labute approximate surface area is 184 Å². The van der Waals surface area contributed by atoms with Gasteiger partial charge in [0, 0.05) is 7.11 Å². The normalized spacial score (nSPS) is 53.0. The Hall–Kier alpha value is -0.330. The fourth-order valence-electron chi connectivity index (χ4n) is 9.71. The molecule has 2 N–H and O–H groups in total. The van der Waals surface area contributed by atoms with Crippen molar-refractivity contribution in [2.24, 2.45) is 58.7 Å². The van der Waals surface area contributed by atoms with Crippen molar-refractivity contribution >= 4 is 0 Å². The summed E-state index contributed by atoms with van der Waals surface area (Å²) in [5.41, 5.74) is -2.24. The highest BCUT2D eigenvalue weighted by Crippen LogP contribution is 2.76. The predicted molar refractivity (Wildman–Crippen MR) is 111 cm³/mol. The van der Waals surface area contributed by atoms with Crippen molar-refractivity contribution < 1.29 is 28.1 Å². The summed E-state index contributed by atoms with van der Waals surface area (Å²) in [6.07, 6.45) is 0.702. The lowest BCUT2D eigenvalue weighted by Gasteiger charge is -2.58. The van der Waals surface area contributed by atoms with E-state index in [0.29, 0.717) is 48.5 Å². The van der Waals surface area contributed by atoms with E-state index < -0.39 is 17.9 Å².